The Morgan fingerprint density at radius 1 is 1.03 bits per heavy atom. The number of unbranched alkanes of at least 4 members (excludes halogenated alkanes) is 2. The molecule has 0 spiro atoms. The predicted molar refractivity (Wildman–Crippen MR) is 120 cm³/mol. The SMILES string of the molecule is O=C(O)CCCCCC1CCN(CCOC(c2ccc(F)cc2)c2ccccc2F)CC1. The molecule has 2 aromatic carbocycles. The van der Waals surface area contributed by atoms with Crippen LogP contribution in [-0.4, -0.2) is 42.2 Å². The number of benzene rings is 2. The van der Waals surface area contributed by atoms with E-state index in [0.717, 1.165) is 57.3 Å². The average Bonchev–Trinajstić information content (AvgIpc) is 2.79. The van der Waals surface area contributed by atoms with Crippen molar-refractivity contribution in [1.82, 2.24) is 4.90 Å². The van der Waals surface area contributed by atoms with Gasteiger partial charge in [0.25, 0.3) is 0 Å². The summed E-state index contributed by atoms with van der Waals surface area (Å²) in [5, 5.41) is 8.70. The van der Waals surface area contributed by atoms with E-state index in [1.165, 1.54) is 24.6 Å². The zero-order chi connectivity index (χ0) is 22.8. The van der Waals surface area contributed by atoms with Gasteiger partial charge in [0.05, 0.1) is 6.61 Å². The van der Waals surface area contributed by atoms with Crippen LogP contribution in [-0.2, 0) is 9.53 Å². The van der Waals surface area contributed by atoms with Crippen molar-refractivity contribution in [3.63, 3.8) is 0 Å². The third-order valence-corrected chi connectivity index (χ3v) is 6.26. The van der Waals surface area contributed by atoms with Gasteiger partial charge < -0.3 is 14.7 Å². The van der Waals surface area contributed by atoms with E-state index in [1.54, 1.807) is 30.3 Å². The molecular weight excluding hydrogens is 412 g/mol. The summed E-state index contributed by atoms with van der Waals surface area (Å²) in [6, 6.07) is 12.6. The van der Waals surface area contributed by atoms with Crippen molar-refractivity contribution in [2.45, 2.75) is 51.0 Å². The molecule has 0 bridgehead atoms. The number of halogens is 2. The molecule has 6 heteroatoms. The van der Waals surface area contributed by atoms with Gasteiger partial charge in [-0.25, -0.2) is 8.78 Å². The van der Waals surface area contributed by atoms with Crippen molar-refractivity contribution in [3.05, 3.63) is 71.3 Å². The smallest absolute Gasteiger partial charge is 0.303 e. The van der Waals surface area contributed by atoms with E-state index in [0.29, 0.717) is 18.1 Å². The van der Waals surface area contributed by atoms with Crippen LogP contribution in [0, 0.1) is 17.6 Å². The van der Waals surface area contributed by atoms with E-state index >= 15 is 0 Å². The number of piperidine rings is 1. The summed E-state index contributed by atoms with van der Waals surface area (Å²) >= 11 is 0. The van der Waals surface area contributed by atoms with Gasteiger partial charge in [0, 0.05) is 18.5 Å². The van der Waals surface area contributed by atoms with E-state index in [1.807, 2.05) is 0 Å². The fraction of sp³-hybridized carbons (Fsp3) is 0.500. The fourth-order valence-corrected chi connectivity index (χ4v) is 4.38. The van der Waals surface area contributed by atoms with Crippen LogP contribution in [0.15, 0.2) is 48.5 Å². The lowest BCUT2D eigenvalue weighted by atomic mass is 9.91. The van der Waals surface area contributed by atoms with E-state index in [2.05, 4.69) is 4.90 Å². The zero-order valence-corrected chi connectivity index (χ0v) is 18.5. The summed E-state index contributed by atoms with van der Waals surface area (Å²) in [5.74, 6) is -0.656. The number of carboxylic acids is 1. The molecule has 1 fully saturated rings. The van der Waals surface area contributed by atoms with Gasteiger partial charge >= 0.3 is 5.97 Å². The number of hydrogen-bond donors (Lipinski definition) is 1. The van der Waals surface area contributed by atoms with Crippen LogP contribution in [0.25, 0.3) is 0 Å². The Labute approximate surface area is 189 Å². The number of ether oxygens (including phenoxy) is 1. The molecule has 32 heavy (non-hydrogen) atoms. The van der Waals surface area contributed by atoms with Crippen LogP contribution in [0.1, 0.15) is 62.2 Å². The number of carbonyl (C=O) groups is 1. The molecule has 0 amide bonds. The Balaban J connectivity index is 1.44. The Bertz CT molecular complexity index is 835. The molecule has 1 aliphatic heterocycles. The van der Waals surface area contributed by atoms with Gasteiger partial charge in [-0.1, -0.05) is 49.6 Å². The van der Waals surface area contributed by atoms with Gasteiger partial charge in [-0.3, -0.25) is 4.79 Å². The Morgan fingerprint density at radius 2 is 1.75 bits per heavy atom. The van der Waals surface area contributed by atoms with Gasteiger partial charge in [0.15, 0.2) is 0 Å². The normalized spacial score (nSPS) is 16.2. The lowest BCUT2D eigenvalue weighted by Gasteiger charge is -2.32. The maximum Gasteiger partial charge on any atom is 0.303 e. The summed E-state index contributed by atoms with van der Waals surface area (Å²) in [7, 11) is 0. The second-order valence-electron chi connectivity index (χ2n) is 8.60. The molecule has 0 aromatic heterocycles. The van der Waals surface area contributed by atoms with Crippen molar-refractivity contribution in [2.75, 3.05) is 26.2 Å². The highest BCUT2D eigenvalue weighted by atomic mass is 19.1. The molecule has 2 aromatic rings. The molecule has 3 rings (SSSR count). The first-order valence-electron chi connectivity index (χ1n) is 11.6. The minimum absolute atomic E-state index is 0.268. The van der Waals surface area contributed by atoms with E-state index < -0.39 is 12.1 Å². The molecular formula is C26H33F2NO3. The Hall–Kier alpha value is -2.31. The topological polar surface area (TPSA) is 49.8 Å². The highest BCUT2D eigenvalue weighted by molar-refractivity contribution is 5.66. The maximum atomic E-state index is 14.4. The minimum atomic E-state index is -0.711. The van der Waals surface area contributed by atoms with Crippen LogP contribution in [0.2, 0.25) is 0 Å². The molecule has 4 nitrogen and oxygen atoms in total. The zero-order valence-electron chi connectivity index (χ0n) is 18.5. The molecule has 0 aliphatic carbocycles. The number of rotatable bonds is 12. The lowest BCUT2D eigenvalue weighted by Crippen LogP contribution is -2.36. The molecule has 174 valence electrons. The van der Waals surface area contributed by atoms with Gasteiger partial charge in [-0.05, 0) is 62.0 Å². The molecule has 1 atom stereocenters. The largest absolute Gasteiger partial charge is 0.481 e. The van der Waals surface area contributed by atoms with Crippen LogP contribution in [0.3, 0.4) is 0 Å². The van der Waals surface area contributed by atoms with Crippen molar-refractivity contribution < 1.29 is 23.4 Å². The van der Waals surface area contributed by atoms with Crippen LogP contribution >= 0.6 is 0 Å². The highest BCUT2D eigenvalue weighted by Crippen LogP contribution is 2.29. The van der Waals surface area contributed by atoms with Gasteiger partial charge in [-0.2, -0.15) is 0 Å². The van der Waals surface area contributed by atoms with Crippen molar-refractivity contribution in [1.29, 1.82) is 0 Å². The minimum Gasteiger partial charge on any atom is -0.481 e. The van der Waals surface area contributed by atoms with Gasteiger partial charge in [0.2, 0.25) is 0 Å². The standard InChI is InChI=1S/C26H33F2NO3/c27-22-12-10-21(11-13-22)26(23-7-4-5-8-24(23)28)32-19-18-29-16-14-20(15-17-29)6-2-1-3-9-25(30)31/h4-5,7-8,10-13,20,26H,1-3,6,9,14-19H2,(H,30,31). The molecule has 1 heterocycles. The molecule has 1 saturated heterocycles. The van der Waals surface area contributed by atoms with Crippen LogP contribution in [0.4, 0.5) is 8.78 Å². The first-order chi connectivity index (χ1) is 15.5. The Kier molecular flexibility index (Phi) is 9.62. The second kappa shape index (κ2) is 12.7. The lowest BCUT2D eigenvalue weighted by molar-refractivity contribution is -0.137. The van der Waals surface area contributed by atoms with E-state index in [9.17, 15) is 13.6 Å². The van der Waals surface area contributed by atoms with Gasteiger partial charge in [0.1, 0.15) is 17.7 Å². The highest BCUT2D eigenvalue weighted by Gasteiger charge is 2.21. The van der Waals surface area contributed by atoms with Crippen molar-refractivity contribution in [2.24, 2.45) is 5.92 Å². The molecule has 0 radical (unpaired) electrons. The van der Waals surface area contributed by atoms with E-state index in [4.69, 9.17) is 9.84 Å². The monoisotopic (exact) mass is 445 g/mol. The van der Waals surface area contributed by atoms with Crippen LogP contribution in [0.5, 0.6) is 0 Å². The third-order valence-electron chi connectivity index (χ3n) is 6.26. The quantitative estimate of drug-likeness (QED) is 0.419. The van der Waals surface area contributed by atoms with Gasteiger partial charge in [-0.15, -0.1) is 0 Å². The summed E-state index contributed by atoms with van der Waals surface area (Å²) in [5.41, 5.74) is 1.19. The third kappa shape index (κ3) is 7.68. The first kappa shape index (κ1) is 24.3. The number of nitrogens with zero attached hydrogens (tertiary/aromatic N) is 1. The number of aliphatic carboxylic acids is 1. The molecule has 0 saturated carbocycles. The maximum absolute atomic E-state index is 14.4. The van der Waals surface area contributed by atoms with Crippen LogP contribution < -0.4 is 0 Å². The molecule has 1 aliphatic rings. The summed E-state index contributed by atoms with van der Waals surface area (Å²) < 4.78 is 33.9. The second-order valence-corrected chi connectivity index (χ2v) is 8.60. The number of likely N-dealkylation sites (tertiary alicyclic amines) is 1. The number of hydrogen-bond acceptors (Lipinski definition) is 3. The number of carboxylic acid groups (broad SMARTS) is 1. The van der Waals surface area contributed by atoms with Crippen molar-refractivity contribution >= 4 is 5.97 Å². The summed E-state index contributed by atoms with van der Waals surface area (Å²) in [6.45, 7) is 3.28. The molecule has 1 unspecified atom stereocenters. The predicted octanol–water partition coefficient (Wildman–Crippen LogP) is 5.82. The molecule has 1 N–H and O–H groups in total. The fourth-order valence-electron chi connectivity index (χ4n) is 4.38. The first-order valence-corrected chi connectivity index (χ1v) is 11.6. The van der Waals surface area contributed by atoms with Crippen molar-refractivity contribution in [3.8, 4) is 0 Å². The van der Waals surface area contributed by atoms with E-state index in [-0.39, 0.29) is 18.1 Å². The summed E-state index contributed by atoms with van der Waals surface area (Å²) in [4.78, 5) is 12.9. The summed E-state index contributed by atoms with van der Waals surface area (Å²) in [6.07, 6.45) is 6.02. The average molecular weight is 446 g/mol. The Morgan fingerprint density at radius 3 is 2.44 bits per heavy atom.